The monoisotopic (exact) mass is 271 g/mol. The Labute approximate surface area is 112 Å². The minimum absolute atomic E-state index is 0.00315. The van der Waals surface area contributed by atoms with E-state index in [0.29, 0.717) is 15.6 Å². The predicted molar refractivity (Wildman–Crippen MR) is 71.0 cm³/mol. The van der Waals surface area contributed by atoms with Crippen molar-refractivity contribution >= 4 is 29.1 Å². The molecule has 2 rings (SSSR count). The maximum Gasteiger partial charge on any atom is 0.255 e. The molecule has 0 saturated carbocycles. The van der Waals surface area contributed by atoms with Crippen LogP contribution < -0.4 is 0 Å². The molecule has 0 radical (unpaired) electrons. The Morgan fingerprint density at radius 2 is 1.76 bits per heavy atom. The van der Waals surface area contributed by atoms with E-state index < -0.39 is 0 Å². The van der Waals surface area contributed by atoms with Gasteiger partial charge in [-0.3, -0.25) is 4.79 Å². The quantitative estimate of drug-likeness (QED) is 0.758. The summed E-state index contributed by atoms with van der Waals surface area (Å²) in [4.78, 5) is 14.1. The number of piperidine rings is 1. The van der Waals surface area contributed by atoms with Crippen LogP contribution in [-0.4, -0.2) is 23.9 Å². The zero-order valence-corrected chi connectivity index (χ0v) is 11.3. The van der Waals surface area contributed by atoms with Crippen LogP contribution in [0.25, 0.3) is 0 Å². The smallest absolute Gasteiger partial charge is 0.255 e. The van der Waals surface area contributed by atoms with Gasteiger partial charge >= 0.3 is 0 Å². The van der Waals surface area contributed by atoms with Gasteiger partial charge in [0.25, 0.3) is 5.91 Å². The number of hydrogen-bond acceptors (Lipinski definition) is 1. The van der Waals surface area contributed by atoms with Gasteiger partial charge in [-0.2, -0.15) is 0 Å². The summed E-state index contributed by atoms with van der Waals surface area (Å²) in [6.07, 6.45) is 3.35. The van der Waals surface area contributed by atoms with Gasteiger partial charge in [-0.15, -0.1) is 0 Å². The molecule has 0 aliphatic carbocycles. The van der Waals surface area contributed by atoms with Crippen LogP contribution in [0.1, 0.15) is 35.2 Å². The van der Waals surface area contributed by atoms with Crippen molar-refractivity contribution in [2.24, 2.45) is 0 Å². The molecule has 1 heterocycles. The van der Waals surface area contributed by atoms with Gasteiger partial charge in [0.2, 0.25) is 0 Å². The van der Waals surface area contributed by atoms with Crippen LogP contribution >= 0.6 is 23.2 Å². The summed E-state index contributed by atoms with van der Waals surface area (Å²) in [6, 6.07) is 3.60. The zero-order valence-electron chi connectivity index (χ0n) is 9.80. The Hall–Kier alpha value is -0.730. The molecule has 2 nitrogen and oxygen atoms in total. The first-order valence-electron chi connectivity index (χ1n) is 5.85. The molecule has 0 bridgehead atoms. The summed E-state index contributed by atoms with van der Waals surface area (Å²) < 4.78 is 0. The zero-order chi connectivity index (χ0) is 12.4. The van der Waals surface area contributed by atoms with Gasteiger partial charge in [-0.1, -0.05) is 29.3 Å². The molecule has 0 aromatic heterocycles. The van der Waals surface area contributed by atoms with E-state index in [4.69, 9.17) is 23.2 Å². The van der Waals surface area contributed by atoms with Crippen LogP contribution in [-0.2, 0) is 0 Å². The molecular formula is C13H15Cl2NO. The molecule has 1 saturated heterocycles. The van der Waals surface area contributed by atoms with Crippen LogP contribution in [0.4, 0.5) is 0 Å². The predicted octanol–water partition coefficient (Wildman–Crippen LogP) is 3.93. The van der Waals surface area contributed by atoms with Gasteiger partial charge in [0.15, 0.2) is 0 Å². The summed E-state index contributed by atoms with van der Waals surface area (Å²) in [7, 11) is 0. The van der Waals surface area contributed by atoms with E-state index in [0.717, 1.165) is 31.5 Å². The highest BCUT2D eigenvalue weighted by Crippen LogP contribution is 2.30. The molecule has 0 spiro atoms. The fraction of sp³-hybridized carbons (Fsp3) is 0.462. The Balaban J connectivity index is 2.27. The van der Waals surface area contributed by atoms with Crippen LogP contribution in [0, 0.1) is 6.92 Å². The Morgan fingerprint density at radius 1 is 1.12 bits per heavy atom. The van der Waals surface area contributed by atoms with Crippen molar-refractivity contribution in [3.63, 3.8) is 0 Å². The fourth-order valence-electron chi connectivity index (χ4n) is 2.08. The molecule has 1 amide bonds. The number of amides is 1. The number of carbonyl (C=O) groups is 1. The number of aryl methyl sites for hydroxylation is 1. The molecule has 0 atom stereocenters. The second-order valence-electron chi connectivity index (χ2n) is 4.41. The first-order chi connectivity index (χ1) is 8.11. The highest BCUT2D eigenvalue weighted by molar-refractivity contribution is 6.44. The molecule has 0 unspecified atom stereocenters. The van der Waals surface area contributed by atoms with E-state index in [1.165, 1.54) is 6.42 Å². The third-order valence-corrected chi connectivity index (χ3v) is 4.13. The van der Waals surface area contributed by atoms with E-state index in [9.17, 15) is 4.79 Å². The molecule has 1 fully saturated rings. The van der Waals surface area contributed by atoms with E-state index >= 15 is 0 Å². The number of nitrogens with zero attached hydrogens (tertiary/aromatic N) is 1. The molecule has 1 aromatic carbocycles. The number of rotatable bonds is 1. The number of halogens is 2. The second kappa shape index (κ2) is 5.28. The average Bonchev–Trinajstić information content (AvgIpc) is 2.36. The maximum absolute atomic E-state index is 12.3. The topological polar surface area (TPSA) is 20.3 Å². The molecular weight excluding hydrogens is 257 g/mol. The van der Waals surface area contributed by atoms with E-state index in [-0.39, 0.29) is 5.91 Å². The lowest BCUT2D eigenvalue weighted by Gasteiger charge is -2.27. The van der Waals surface area contributed by atoms with Crippen LogP contribution in [0.3, 0.4) is 0 Å². The van der Waals surface area contributed by atoms with Crippen molar-refractivity contribution < 1.29 is 4.79 Å². The fourth-order valence-corrected chi connectivity index (χ4v) is 2.54. The van der Waals surface area contributed by atoms with Gasteiger partial charge in [0.05, 0.1) is 15.6 Å². The number of carbonyl (C=O) groups excluding carboxylic acids is 1. The molecule has 1 aromatic rings. The van der Waals surface area contributed by atoms with Crippen LogP contribution in [0.5, 0.6) is 0 Å². The summed E-state index contributed by atoms with van der Waals surface area (Å²) in [5, 5.41) is 0.858. The van der Waals surface area contributed by atoms with Crippen molar-refractivity contribution in [3.05, 3.63) is 33.3 Å². The van der Waals surface area contributed by atoms with Gasteiger partial charge in [0, 0.05) is 13.1 Å². The first-order valence-corrected chi connectivity index (χ1v) is 6.60. The highest BCUT2D eigenvalue weighted by Gasteiger charge is 2.21. The van der Waals surface area contributed by atoms with Gasteiger partial charge < -0.3 is 4.90 Å². The molecule has 0 N–H and O–H groups in total. The Kier molecular flexibility index (Phi) is 3.95. The minimum atomic E-state index is -0.00315. The van der Waals surface area contributed by atoms with Crippen molar-refractivity contribution in [1.29, 1.82) is 0 Å². The standard InChI is InChI=1S/C13H15Cl2NO/c1-9-5-6-10(12(15)11(9)14)13(17)16-7-3-2-4-8-16/h5-6H,2-4,7-8H2,1H3. The SMILES string of the molecule is Cc1ccc(C(=O)N2CCCCC2)c(Cl)c1Cl. The van der Waals surface area contributed by atoms with Gasteiger partial charge in [-0.25, -0.2) is 0 Å². The van der Waals surface area contributed by atoms with E-state index in [1.807, 2.05) is 17.9 Å². The lowest BCUT2D eigenvalue weighted by atomic mass is 10.1. The molecule has 4 heteroatoms. The second-order valence-corrected chi connectivity index (χ2v) is 5.17. The molecule has 1 aliphatic rings. The third kappa shape index (κ3) is 2.58. The normalized spacial score (nSPS) is 16.1. The minimum Gasteiger partial charge on any atom is -0.339 e. The van der Waals surface area contributed by atoms with Crippen LogP contribution in [0.15, 0.2) is 12.1 Å². The Morgan fingerprint density at radius 3 is 2.41 bits per heavy atom. The van der Waals surface area contributed by atoms with Crippen molar-refractivity contribution in [3.8, 4) is 0 Å². The summed E-state index contributed by atoms with van der Waals surface area (Å²) >= 11 is 12.2. The maximum atomic E-state index is 12.3. The number of hydrogen-bond donors (Lipinski definition) is 0. The summed E-state index contributed by atoms with van der Waals surface area (Å²) in [6.45, 7) is 3.52. The van der Waals surface area contributed by atoms with Gasteiger partial charge in [0.1, 0.15) is 0 Å². The lowest BCUT2D eigenvalue weighted by molar-refractivity contribution is 0.0724. The highest BCUT2D eigenvalue weighted by atomic mass is 35.5. The van der Waals surface area contributed by atoms with Crippen molar-refractivity contribution in [2.75, 3.05) is 13.1 Å². The first kappa shape index (κ1) is 12.7. The van der Waals surface area contributed by atoms with Crippen molar-refractivity contribution in [1.82, 2.24) is 4.90 Å². The molecule has 1 aliphatic heterocycles. The van der Waals surface area contributed by atoms with E-state index in [1.54, 1.807) is 6.07 Å². The molecule has 17 heavy (non-hydrogen) atoms. The summed E-state index contributed by atoms with van der Waals surface area (Å²) in [5.41, 5.74) is 1.41. The lowest BCUT2D eigenvalue weighted by Crippen LogP contribution is -2.35. The largest absolute Gasteiger partial charge is 0.339 e. The summed E-state index contributed by atoms with van der Waals surface area (Å²) in [5.74, 6) is -0.00315. The molecule has 92 valence electrons. The Bertz CT molecular complexity index is 439. The number of likely N-dealkylation sites (tertiary alicyclic amines) is 1. The average molecular weight is 272 g/mol. The number of benzene rings is 1. The van der Waals surface area contributed by atoms with Gasteiger partial charge in [-0.05, 0) is 37.8 Å². The van der Waals surface area contributed by atoms with E-state index in [2.05, 4.69) is 0 Å². The van der Waals surface area contributed by atoms with Crippen LogP contribution in [0.2, 0.25) is 10.0 Å². The van der Waals surface area contributed by atoms with Crippen molar-refractivity contribution in [2.45, 2.75) is 26.2 Å². The third-order valence-electron chi connectivity index (χ3n) is 3.15.